The lowest BCUT2D eigenvalue weighted by molar-refractivity contribution is -0.119. The van der Waals surface area contributed by atoms with Gasteiger partial charge in [-0.1, -0.05) is 63.7 Å². The van der Waals surface area contributed by atoms with Crippen LogP contribution in [0.5, 0.6) is 0 Å². The summed E-state index contributed by atoms with van der Waals surface area (Å²) in [5, 5.41) is 10.0. The summed E-state index contributed by atoms with van der Waals surface area (Å²) in [7, 11) is 0. The molecular formula is C17H25N5OS. The number of carbonyl (C=O) groups is 1. The first kappa shape index (κ1) is 18.3. The van der Waals surface area contributed by atoms with Crippen molar-refractivity contribution in [1.82, 2.24) is 20.5 Å². The number of nitrogens with one attached hydrogen (secondary N) is 2. The molecule has 0 aliphatic rings. The van der Waals surface area contributed by atoms with Crippen LogP contribution in [0.2, 0.25) is 0 Å². The highest BCUT2D eigenvalue weighted by atomic mass is 32.2. The molecule has 2 rings (SSSR count). The summed E-state index contributed by atoms with van der Waals surface area (Å²) in [6.45, 7) is 8.54. The number of carbonyl (C=O) groups excluding carboxylic acids is 1. The number of benzene rings is 1. The van der Waals surface area contributed by atoms with E-state index in [0.29, 0.717) is 17.0 Å². The Bertz CT molecular complexity index is 666. The maximum absolute atomic E-state index is 12.3. The number of aromatic amines is 1. The van der Waals surface area contributed by atoms with Crippen molar-refractivity contribution in [3.8, 4) is 0 Å². The number of hydrogen-bond donors (Lipinski definition) is 3. The molecule has 1 aromatic heterocycles. The largest absolute Gasteiger partial charge is 0.368 e. The summed E-state index contributed by atoms with van der Waals surface area (Å²) in [5.74, 6) is 1.25. The zero-order valence-corrected chi connectivity index (χ0v) is 15.4. The normalized spacial score (nSPS) is 12.6. The molecule has 0 fully saturated rings. The Labute approximate surface area is 147 Å². The second-order valence-electron chi connectivity index (χ2n) is 6.40. The van der Waals surface area contributed by atoms with Crippen molar-refractivity contribution in [3.63, 3.8) is 0 Å². The Kier molecular flexibility index (Phi) is 6.25. The molecule has 1 heterocycles. The summed E-state index contributed by atoms with van der Waals surface area (Å²) in [5.41, 5.74) is 7.89. The molecule has 0 aliphatic heterocycles. The van der Waals surface area contributed by atoms with Gasteiger partial charge < -0.3 is 11.1 Å². The van der Waals surface area contributed by atoms with Crippen molar-refractivity contribution in [3.05, 3.63) is 35.4 Å². The summed E-state index contributed by atoms with van der Waals surface area (Å²) in [4.78, 5) is 16.2. The summed E-state index contributed by atoms with van der Waals surface area (Å²) in [6.07, 6.45) is 0. The molecule has 0 bridgehead atoms. The highest BCUT2D eigenvalue weighted by Crippen LogP contribution is 2.24. The minimum absolute atomic E-state index is 0.0171. The lowest BCUT2D eigenvalue weighted by Gasteiger charge is -2.23. The number of rotatable bonds is 7. The van der Waals surface area contributed by atoms with E-state index in [1.165, 1.54) is 17.3 Å². The second kappa shape index (κ2) is 8.19. The van der Waals surface area contributed by atoms with E-state index in [0.717, 1.165) is 5.56 Å². The fraction of sp³-hybridized carbons (Fsp3) is 0.471. The molecular weight excluding hydrogens is 322 g/mol. The number of nitrogens with two attached hydrogens (primary N) is 1. The molecule has 1 atom stereocenters. The van der Waals surface area contributed by atoms with Gasteiger partial charge in [0.15, 0.2) is 0 Å². The number of H-pyrrole nitrogens is 1. The molecule has 0 aliphatic carbocycles. The fourth-order valence-corrected chi connectivity index (χ4v) is 3.01. The molecule has 4 N–H and O–H groups in total. The van der Waals surface area contributed by atoms with Crippen LogP contribution < -0.4 is 11.1 Å². The van der Waals surface area contributed by atoms with Gasteiger partial charge in [0.25, 0.3) is 0 Å². The van der Waals surface area contributed by atoms with Crippen LogP contribution in [0.4, 0.5) is 5.95 Å². The molecule has 130 valence electrons. The zero-order valence-electron chi connectivity index (χ0n) is 14.5. The minimum atomic E-state index is -0.0463. The number of nitrogens with zero attached hydrogens (tertiary/aromatic N) is 2. The van der Waals surface area contributed by atoms with E-state index in [9.17, 15) is 4.79 Å². The molecule has 0 saturated carbocycles. The van der Waals surface area contributed by atoms with Crippen LogP contribution >= 0.6 is 11.8 Å². The van der Waals surface area contributed by atoms with Gasteiger partial charge in [0.1, 0.15) is 0 Å². The van der Waals surface area contributed by atoms with E-state index in [-0.39, 0.29) is 23.7 Å². The SMILES string of the molecule is CC(C)c1ccc([C@@H](NC(=O)CSc2n[nH]c(N)n2)C(C)C)cc1. The van der Waals surface area contributed by atoms with Crippen LogP contribution in [0.15, 0.2) is 29.4 Å². The third kappa shape index (κ3) is 4.99. The molecule has 7 heteroatoms. The molecule has 0 radical (unpaired) electrons. The molecule has 1 aromatic carbocycles. The standard InChI is InChI=1S/C17H25N5OS/c1-10(2)12-5-7-13(8-6-12)15(11(3)4)19-14(23)9-24-17-20-16(18)21-22-17/h5-8,10-11,15H,9H2,1-4H3,(H,19,23)(H3,18,20,21,22)/t15-/m0/s1. The van der Waals surface area contributed by atoms with Crippen LogP contribution in [0, 0.1) is 5.92 Å². The highest BCUT2D eigenvalue weighted by molar-refractivity contribution is 7.99. The maximum Gasteiger partial charge on any atom is 0.230 e. The molecule has 0 saturated heterocycles. The van der Waals surface area contributed by atoms with Crippen molar-refractivity contribution >= 4 is 23.6 Å². The Morgan fingerprint density at radius 3 is 2.33 bits per heavy atom. The minimum Gasteiger partial charge on any atom is -0.368 e. The van der Waals surface area contributed by atoms with Crippen molar-refractivity contribution in [2.24, 2.45) is 5.92 Å². The first-order valence-electron chi connectivity index (χ1n) is 8.06. The Hall–Kier alpha value is -2.02. The molecule has 2 aromatic rings. The van der Waals surface area contributed by atoms with Crippen molar-refractivity contribution in [1.29, 1.82) is 0 Å². The predicted octanol–water partition coefficient (Wildman–Crippen LogP) is 3.12. The highest BCUT2D eigenvalue weighted by Gasteiger charge is 2.19. The van der Waals surface area contributed by atoms with E-state index in [1.54, 1.807) is 0 Å². The predicted molar refractivity (Wildman–Crippen MR) is 97.8 cm³/mol. The van der Waals surface area contributed by atoms with Crippen LogP contribution in [0.3, 0.4) is 0 Å². The van der Waals surface area contributed by atoms with Gasteiger partial charge in [-0.15, -0.1) is 5.10 Å². The maximum atomic E-state index is 12.3. The number of anilines is 1. The summed E-state index contributed by atoms with van der Waals surface area (Å²) < 4.78 is 0. The van der Waals surface area contributed by atoms with Gasteiger partial charge in [-0.25, -0.2) is 5.10 Å². The average molecular weight is 347 g/mol. The lowest BCUT2D eigenvalue weighted by Crippen LogP contribution is -2.33. The van der Waals surface area contributed by atoms with Crippen LogP contribution in [0.1, 0.15) is 50.8 Å². The van der Waals surface area contributed by atoms with Crippen molar-refractivity contribution < 1.29 is 4.79 Å². The van der Waals surface area contributed by atoms with Crippen LogP contribution in [0.25, 0.3) is 0 Å². The topological polar surface area (TPSA) is 96.7 Å². The quantitative estimate of drug-likeness (QED) is 0.669. The average Bonchev–Trinajstić information content (AvgIpc) is 2.96. The van der Waals surface area contributed by atoms with Gasteiger partial charge in [0.2, 0.25) is 17.0 Å². The van der Waals surface area contributed by atoms with E-state index >= 15 is 0 Å². The number of hydrogen-bond acceptors (Lipinski definition) is 5. The fourth-order valence-electron chi connectivity index (χ4n) is 2.39. The molecule has 6 nitrogen and oxygen atoms in total. The molecule has 24 heavy (non-hydrogen) atoms. The Morgan fingerprint density at radius 2 is 1.83 bits per heavy atom. The summed E-state index contributed by atoms with van der Waals surface area (Å²) in [6, 6.07) is 8.45. The van der Waals surface area contributed by atoms with Crippen molar-refractivity contribution in [2.45, 2.75) is 44.8 Å². The van der Waals surface area contributed by atoms with E-state index in [2.05, 4.69) is 72.5 Å². The van der Waals surface area contributed by atoms with Gasteiger partial charge in [0.05, 0.1) is 11.8 Å². The van der Waals surface area contributed by atoms with E-state index in [1.807, 2.05) is 0 Å². The van der Waals surface area contributed by atoms with Gasteiger partial charge >= 0.3 is 0 Å². The first-order valence-corrected chi connectivity index (χ1v) is 9.05. The van der Waals surface area contributed by atoms with Gasteiger partial charge in [-0.05, 0) is 23.0 Å². The van der Waals surface area contributed by atoms with E-state index in [4.69, 9.17) is 5.73 Å². The van der Waals surface area contributed by atoms with E-state index < -0.39 is 0 Å². The number of nitrogen functional groups attached to an aromatic ring is 1. The zero-order chi connectivity index (χ0) is 17.7. The Morgan fingerprint density at radius 1 is 1.21 bits per heavy atom. The third-order valence-electron chi connectivity index (χ3n) is 3.76. The monoisotopic (exact) mass is 347 g/mol. The first-order chi connectivity index (χ1) is 11.4. The molecule has 0 spiro atoms. The Balaban J connectivity index is 1.98. The summed E-state index contributed by atoms with van der Waals surface area (Å²) >= 11 is 1.26. The lowest BCUT2D eigenvalue weighted by atomic mass is 9.93. The van der Waals surface area contributed by atoms with Crippen LogP contribution in [-0.4, -0.2) is 26.8 Å². The number of thioether (sulfide) groups is 1. The smallest absolute Gasteiger partial charge is 0.230 e. The van der Waals surface area contributed by atoms with Gasteiger partial charge in [-0.3, -0.25) is 4.79 Å². The number of aromatic nitrogens is 3. The van der Waals surface area contributed by atoms with Gasteiger partial charge in [-0.2, -0.15) is 4.98 Å². The number of amides is 1. The third-order valence-corrected chi connectivity index (χ3v) is 4.61. The molecule has 0 unspecified atom stereocenters. The van der Waals surface area contributed by atoms with Crippen LogP contribution in [-0.2, 0) is 4.79 Å². The molecule has 1 amide bonds. The van der Waals surface area contributed by atoms with Gasteiger partial charge in [0, 0.05) is 0 Å². The second-order valence-corrected chi connectivity index (χ2v) is 7.34. The van der Waals surface area contributed by atoms with Crippen molar-refractivity contribution in [2.75, 3.05) is 11.5 Å².